The van der Waals surface area contributed by atoms with E-state index in [1.165, 1.54) is 12.5 Å². The summed E-state index contributed by atoms with van der Waals surface area (Å²) in [6, 6.07) is 10.4. The second kappa shape index (κ2) is 9.66. The first-order valence-electron chi connectivity index (χ1n) is 10.7. The minimum atomic E-state index is -0.350. The minimum Gasteiger partial charge on any atom is -0.454 e. The number of amides is 1. The zero-order chi connectivity index (χ0) is 24.3. The molecule has 4 rings (SSSR count). The number of nitrogens with zero attached hydrogens (tertiary/aromatic N) is 4. The van der Waals surface area contributed by atoms with Gasteiger partial charge in [0.1, 0.15) is 29.0 Å². The lowest BCUT2D eigenvalue weighted by atomic mass is 10.1. The van der Waals surface area contributed by atoms with Gasteiger partial charge in [-0.25, -0.2) is 15.0 Å². The second-order valence-electron chi connectivity index (χ2n) is 8.64. The number of benzene rings is 1. The van der Waals surface area contributed by atoms with Crippen molar-refractivity contribution in [3.8, 4) is 11.5 Å². The van der Waals surface area contributed by atoms with E-state index in [1.54, 1.807) is 24.3 Å². The molecule has 0 saturated heterocycles. The summed E-state index contributed by atoms with van der Waals surface area (Å²) < 4.78 is 7.73. The molecule has 1 aromatic carbocycles. The number of halogens is 1. The third kappa shape index (κ3) is 5.44. The maximum atomic E-state index is 12.2. The fourth-order valence-electron chi connectivity index (χ4n) is 3.32. The molecule has 3 aromatic heterocycles. The molecule has 0 radical (unpaired) electrons. The molecule has 0 saturated carbocycles. The minimum absolute atomic E-state index is 0.00702. The molecule has 176 valence electrons. The lowest BCUT2D eigenvalue weighted by Crippen LogP contribution is -2.40. The number of fused-ring (bicyclic) bond motifs is 1. The van der Waals surface area contributed by atoms with Gasteiger partial charge in [0.05, 0.1) is 23.3 Å². The van der Waals surface area contributed by atoms with Crippen molar-refractivity contribution in [2.24, 2.45) is 0 Å². The molecule has 0 fully saturated rings. The predicted octanol–water partition coefficient (Wildman–Crippen LogP) is 4.54. The van der Waals surface area contributed by atoms with Crippen molar-refractivity contribution in [2.75, 3.05) is 11.9 Å². The van der Waals surface area contributed by atoms with Gasteiger partial charge in [-0.05, 0) is 57.2 Å². The Balaban J connectivity index is 1.49. The lowest BCUT2D eigenvalue weighted by Gasteiger charge is -2.20. The monoisotopic (exact) mass is 480 g/mol. The Hall–Kier alpha value is -3.69. The molecular weight excluding hydrogens is 456 g/mol. The number of hydrogen-bond donors (Lipinski definition) is 3. The number of pyridine rings is 1. The van der Waals surface area contributed by atoms with Gasteiger partial charge in [-0.1, -0.05) is 11.6 Å². The molecule has 0 unspecified atom stereocenters. The topological polar surface area (TPSA) is 114 Å². The summed E-state index contributed by atoms with van der Waals surface area (Å²) in [7, 11) is 0. The van der Waals surface area contributed by atoms with Crippen molar-refractivity contribution in [1.82, 2.24) is 24.8 Å². The van der Waals surface area contributed by atoms with Crippen molar-refractivity contribution in [3.63, 3.8) is 0 Å². The van der Waals surface area contributed by atoms with Crippen LogP contribution in [0.3, 0.4) is 0 Å². The first-order valence-corrected chi connectivity index (χ1v) is 11.0. The SMILES string of the molecule is CC(C)(C)NC(=O)c1ccc(Oc2ccc(Nc3ncnc4ccn(CCO)c34)cc2Cl)cn1. The van der Waals surface area contributed by atoms with Crippen molar-refractivity contribution in [2.45, 2.75) is 32.9 Å². The molecule has 4 aromatic rings. The second-order valence-corrected chi connectivity index (χ2v) is 9.05. The highest BCUT2D eigenvalue weighted by Crippen LogP contribution is 2.33. The molecule has 0 aliphatic heterocycles. The van der Waals surface area contributed by atoms with Crippen molar-refractivity contribution >= 4 is 40.0 Å². The van der Waals surface area contributed by atoms with Gasteiger partial charge in [-0.2, -0.15) is 0 Å². The lowest BCUT2D eigenvalue weighted by molar-refractivity contribution is 0.0914. The number of aliphatic hydroxyl groups excluding tert-OH is 1. The molecule has 3 heterocycles. The van der Waals surface area contributed by atoms with Crippen LogP contribution >= 0.6 is 11.6 Å². The van der Waals surface area contributed by atoms with Crippen LogP contribution in [0.15, 0.2) is 55.1 Å². The van der Waals surface area contributed by atoms with Crippen molar-refractivity contribution in [1.29, 1.82) is 0 Å². The molecule has 0 bridgehead atoms. The maximum Gasteiger partial charge on any atom is 0.270 e. The number of carbonyl (C=O) groups excluding carboxylic acids is 1. The van der Waals surface area contributed by atoms with E-state index >= 15 is 0 Å². The molecule has 0 aliphatic carbocycles. The first kappa shape index (κ1) is 23.5. The molecule has 0 atom stereocenters. The number of ether oxygens (including phenoxy) is 1. The van der Waals surface area contributed by atoms with Gasteiger partial charge in [0.15, 0.2) is 5.82 Å². The van der Waals surface area contributed by atoms with Crippen LogP contribution in [0.4, 0.5) is 11.5 Å². The third-order valence-corrected chi connectivity index (χ3v) is 5.07. The number of rotatable bonds is 7. The summed E-state index contributed by atoms with van der Waals surface area (Å²) in [5.41, 5.74) is 2.21. The quantitative estimate of drug-likeness (QED) is 0.356. The van der Waals surface area contributed by atoms with E-state index in [-0.39, 0.29) is 18.1 Å². The molecule has 0 spiro atoms. The van der Waals surface area contributed by atoms with Gasteiger partial charge in [0.2, 0.25) is 0 Å². The van der Waals surface area contributed by atoms with Crippen LogP contribution in [0, 0.1) is 0 Å². The Kier molecular flexibility index (Phi) is 6.67. The predicted molar refractivity (Wildman–Crippen MR) is 131 cm³/mol. The smallest absolute Gasteiger partial charge is 0.270 e. The Morgan fingerprint density at radius 2 is 1.97 bits per heavy atom. The van der Waals surface area contributed by atoms with Crippen LogP contribution in [0.25, 0.3) is 11.0 Å². The van der Waals surface area contributed by atoms with Crippen LogP contribution in [0.5, 0.6) is 11.5 Å². The molecule has 1 amide bonds. The van der Waals surface area contributed by atoms with E-state index in [0.717, 1.165) is 11.0 Å². The molecular formula is C24H25ClN6O3. The standard InChI is InChI=1S/C24H25ClN6O3/c1-24(2,3)30-23(33)19-6-5-16(13-26-19)34-20-7-4-15(12-17(20)25)29-22-21-18(27-14-28-22)8-9-31(21)10-11-32/h4-9,12-14,32H,10-11H2,1-3H3,(H,30,33)(H,27,28,29). The Morgan fingerprint density at radius 1 is 1.15 bits per heavy atom. The van der Waals surface area contributed by atoms with Gasteiger partial charge in [-0.3, -0.25) is 4.79 Å². The zero-order valence-electron chi connectivity index (χ0n) is 19.0. The van der Waals surface area contributed by atoms with Crippen LogP contribution in [-0.2, 0) is 6.54 Å². The zero-order valence-corrected chi connectivity index (χ0v) is 19.8. The fourth-order valence-corrected chi connectivity index (χ4v) is 3.54. The van der Waals surface area contributed by atoms with E-state index in [4.69, 9.17) is 16.3 Å². The Labute approximate surface area is 201 Å². The highest BCUT2D eigenvalue weighted by atomic mass is 35.5. The number of hydrogen-bond acceptors (Lipinski definition) is 7. The molecule has 3 N–H and O–H groups in total. The van der Waals surface area contributed by atoms with Crippen LogP contribution in [-0.4, -0.2) is 42.7 Å². The van der Waals surface area contributed by atoms with E-state index < -0.39 is 0 Å². The number of aliphatic hydroxyl groups is 1. The van der Waals surface area contributed by atoms with Gasteiger partial charge >= 0.3 is 0 Å². The molecule has 9 nitrogen and oxygen atoms in total. The summed E-state index contributed by atoms with van der Waals surface area (Å²) in [4.78, 5) is 25.0. The van der Waals surface area contributed by atoms with Crippen molar-refractivity contribution < 1.29 is 14.6 Å². The summed E-state index contributed by atoms with van der Waals surface area (Å²) in [5, 5.41) is 15.8. The Morgan fingerprint density at radius 3 is 2.65 bits per heavy atom. The average Bonchev–Trinajstić information content (AvgIpc) is 3.19. The van der Waals surface area contributed by atoms with Crippen LogP contribution in [0.1, 0.15) is 31.3 Å². The molecule has 34 heavy (non-hydrogen) atoms. The number of aromatic nitrogens is 4. The van der Waals surface area contributed by atoms with E-state index in [1.807, 2.05) is 43.7 Å². The summed E-state index contributed by atoms with van der Waals surface area (Å²) >= 11 is 6.46. The summed E-state index contributed by atoms with van der Waals surface area (Å²) in [5.74, 6) is 1.24. The third-order valence-electron chi connectivity index (χ3n) is 4.77. The summed E-state index contributed by atoms with van der Waals surface area (Å²) in [6.45, 7) is 6.16. The van der Waals surface area contributed by atoms with Gasteiger partial charge < -0.3 is 25.0 Å². The highest BCUT2D eigenvalue weighted by molar-refractivity contribution is 6.32. The molecule has 10 heteroatoms. The van der Waals surface area contributed by atoms with E-state index in [0.29, 0.717) is 40.3 Å². The Bertz CT molecular complexity index is 1310. The number of anilines is 2. The van der Waals surface area contributed by atoms with Crippen molar-refractivity contribution in [3.05, 3.63) is 65.8 Å². The normalized spacial score (nSPS) is 11.4. The van der Waals surface area contributed by atoms with Crippen LogP contribution < -0.4 is 15.4 Å². The fraction of sp³-hybridized carbons (Fsp3) is 0.250. The van der Waals surface area contributed by atoms with Gasteiger partial charge in [-0.15, -0.1) is 0 Å². The van der Waals surface area contributed by atoms with E-state index in [2.05, 4.69) is 25.6 Å². The van der Waals surface area contributed by atoms with E-state index in [9.17, 15) is 9.90 Å². The summed E-state index contributed by atoms with van der Waals surface area (Å²) in [6.07, 6.45) is 4.81. The first-order chi connectivity index (χ1) is 16.2. The number of carbonyl (C=O) groups is 1. The van der Waals surface area contributed by atoms with Gasteiger partial charge in [0, 0.05) is 24.0 Å². The number of nitrogens with one attached hydrogen (secondary N) is 2. The molecule has 0 aliphatic rings. The largest absolute Gasteiger partial charge is 0.454 e. The maximum absolute atomic E-state index is 12.2. The highest BCUT2D eigenvalue weighted by Gasteiger charge is 2.16. The van der Waals surface area contributed by atoms with Crippen LogP contribution in [0.2, 0.25) is 5.02 Å². The van der Waals surface area contributed by atoms with Gasteiger partial charge in [0.25, 0.3) is 5.91 Å². The average molecular weight is 481 g/mol.